The zero-order valence-corrected chi connectivity index (χ0v) is 17.4. The molecular formula is C19H27N5O2S. The lowest BCUT2D eigenvalue weighted by Crippen LogP contribution is -2.50. The van der Waals surface area contributed by atoms with E-state index in [1.807, 2.05) is 36.9 Å². The minimum atomic E-state index is -0.270. The molecule has 8 heteroatoms. The number of aromatic nitrogens is 4. The van der Waals surface area contributed by atoms with Crippen molar-refractivity contribution in [3.05, 3.63) is 23.8 Å². The number of piperidine rings is 1. The average molecular weight is 390 g/mol. The summed E-state index contributed by atoms with van der Waals surface area (Å²) in [6.07, 6.45) is 3.30. The summed E-state index contributed by atoms with van der Waals surface area (Å²) >= 11 is 1.38. The Morgan fingerprint density at radius 3 is 2.67 bits per heavy atom. The normalized spacial score (nSPS) is 21.1. The van der Waals surface area contributed by atoms with E-state index in [4.69, 9.17) is 4.74 Å². The van der Waals surface area contributed by atoms with E-state index in [1.54, 1.807) is 11.8 Å². The molecular weight excluding hydrogens is 362 g/mol. The summed E-state index contributed by atoms with van der Waals surface area (Å²) in [7, 11) is 1.62. The monoisotopic (exact) mass is 389 g/mol. The third-order valence-corrected chi connectivity index (χ3v) is 6.10. The van der Waals surface area contributed by atoms with Gasteiger partial charge in [0.15, 0.2) is 0 Å². The van der Waals surface area contributed by atoms with Crippen LogP contribution in [0, 0.1) is 6.92 Å². The van der Waals surface area contributed by atoms with Crippen LogP contribution in [0.5, 0.6) is 5.75 Å². The van der Waals surface area contributed by atoms with Gasteiger partial charge in [-0.05, 0) is 75.1 Å². The highest BCUT2D eigenvalue weighted by atomic mass is 32.2. The van der Waals surface area contributed by atoms with Crippen LogP contribution < -0.4 is 4.74 Å². The third kappa shape index (κ3) is 4.10. The zero-order valence-electron chi connectivity index (χ0n) is 16.5. The number of benzene rings is 1. The van der Waals surface area contributed by atoms with Crippen LogP contribution in [0.1, 0.15) is 45.6 Å². The lowest BCUT2D eigenvalue weighted by molar-refractivity contribution is -0.136. The molecule has 1 amide bonds. The van der Waals surface area contributed by atoms with Crippen molar-refractivity contribution in [3.63, 3.8) is 0 Å². The Labute approximate surface area is 164 Å². The Morgan fingerprint density at radius 2 is 2.00 bits per heavy atom. The molecule has 1 aliphatic heterocycles. The predicted molar refractivity (Wildman–Crippen MR) is 105 cm³/mol. The van der Waals surface area contributed by atoms with E-state index in [1.165, 1.54) is 18.2 Å². The van der Waals surface area contributed by atoms with Gasteiger partial charge in [-0.25, -0.2) is 0 Å². The lowest BCUT2D eigenvalue weighted by Gasteiger charge is -2.40. The van der Waals surface area contributed by atoms with E-state index in [-0.39, 0.29) is 23.2 Å². The summed E-state index contributed by atoms with van der Waals surface area (Å²) in [6.45, 7) is 8.19. The third-order valence-electron chi connectivity index (χ3n) is 5.08. The number of likely N-dealkylation sites (tertiary alicyclic amines) is 1. The van der Waals surface area contributed by atoms with Gasteiger partial charge < -0.3 is 9.64 Å². The van der Waals surface area contributed by atoms with Crippen LogP contribution in [-0.4, -0.2) is 55.5 Å². The maximum Gasteiger partial charge on any atom is 0.236 e. The Bertz CT molecular complexity index is 799. The number of rotatable bonds is 5. The zero-order chi connectivity index (χ0) is 19.6. The van der Waals surface area contributed by atoms with Crippen LogP contribution in [-0.2, 0) is 4.79 Å². The maximum absolute atomic E-state index is 13.1. The molecule has 2 aromatic rings. The molecule has 1 saturated heterocycles. The summed E-state index contributed by atoms with van der Waals surface area (Å²) in [6, 6.07) is 6.40. The SMILES string of the molecule is COc1ccc(C)cc1-n1nnnc1S[C@@H](C)C(=O)N1[C@H](C)CCC[C@@H]1C. The Kier molecular flexibility index (Phi) is 6.04. The fraction of sp³-hybridized carbons (Fsp3) is 0.579. The minimum Gasteiger partial charge on any atom is -0.494 e. The van der Waals surface area contributed by atoms with Gasteiger partial charge in [-0.15, -0.1) is 5.10 Å². The standard InChI is InChI=1S/C19H27N5O2S/c1-12-9-10-17(26-5)16(11-12)24-19(20-21-22-24)27-15(4)18(25)23-13(2)7-6-8-14(23)3/h9-11,13-15H,6-8H2,1-5H3/t13-,14+,15-/m0/s1. The molecule has 27 heavy (non-hydrogen) atoms. The largest absolute Gasteiger partial charge is 0.494 e. The molecule has 146 valence electrons. The molecule has 7 nitrogen and oxygen atoms in total. The first-order chi connectivity index (χ1) is 12.9. The highest BCUT2D eigenvalue weighted by molar-refractivity contribution is 8.00. The number of aryl methyl sites for hydroxylation is 1. The number of tetrazole rings is 1. The second-order valence-electron chi connectivity index (χ2n) is 7.18. The number of nitrogens with zero attached hydrogens (tertiary/aromatic N) is 5. The van der Waals surface area contributed by atoms with Gasteiger partial charge in [0.2, 0.25) is 11.1 Å². The van der Waals surface area contributed by atoms with Crippen LogP contribution in [0.3, 0.4) is 0 Å². The molecule has 0 unspecified atom stereocenters. The molecule has 0 radical (unpaired) electrons. The van der Waals surface area contributed by atoms with Gasteiger partial charge >= 0.3 is 0 Å². The van der Waals surface area contributed by atoms with E-state index in [2.05, 4.69) is 29.4 Å². The van der Waals surface area contributed by atoms with Gasteiger partial charge in [0, 0.05) is 12.1 Å². The molecule has 0 aliphatic carbocycles. The van der Waals surface area contributed by atoms with Crippen LogP contribution in [0.15, 0.2) is 23.4 Å². The summed E-state index contributed by atoms with van der Waals surface area (Å²) in [5.74, 6) is 0.831. The van der Waals surface area contributed by atoms with Crippen molar-refractivity contribution < 1.29 is 9.53 Å². The summed E-state index contributed by atoms with van der Waals surface area (Å²) in [5.41, 5.74) is 1.85. The molecule has 3 atom stereocenters. The van der Waals surface area contributed by atoms with Crippen molar-refractivity contribution in [2.75, 3.05) is 7.11 Å². The number of carbonyl (C=O) groups excluding carboxylic acids is 1. The Balaban J connectivity index is 1.82. The Hall–Kier alpha value is -2.09. The van der Waals surface area contributed by atoms with Gasteiger partial charge in [-0.1, -0.05) is 17.8 Å². The van der Waals surface area contributed by atoms with Crippen molar-refractivity contribution in [2.45, 2.75) is 69.4 Å². The number of amides is 1. The van der Waals surface area contributed by atoms with Gasteiger partial charge in [0.1, 0.15) is 11.4 Å². The highest BCUT2D eigenvalue weighted by Gasteiger charge is 2.33. The number of hydrogen-bond acceptors (Lipinski definition) is 6. The molecule has 0 saturated carbocycles. The van der Waals surface area contributed by atoms with Gasteiger partial charge in [-0.3, -0.25) is 4.79 Å². The second kappa shape index (κ2) is 8.29. The summed E-state index contributed by atoms with van der Waals surface area (Å²) in [4.78, 5) is 15.1. The van der Waals surface area contributed by atoms with Crippen LogP contribution in [0.2, 0.25) is 0 Å². The fourth-order valence-corrected chi connectivity index (χ4v) is 4.50. The molecule has 3 rings (SSSR count). The molecule has 0 spiro atoms. The molecule has 1 aromatic heterocycles. The van der Waals surface area contributed by atoms with E-state index in [9.17, 15) is 4.79 Å². The van der Waals surface area contributed by atoms with Gasteiger partial charge in [0.25, 0.3) is 0 Å². The van der Waals surface area contributed by atoms with Gasteiger partial charge in [-0.2, -0.15) is 4.68 Å². The topological polar surface area (TPSA) is 73.1 Å². The van der Waals surface area contributed by atoms with Crippen molar-refractivity contribution in [2.24, 2.45) is 0 Å². The van der Waals surface area contributed by atoms with Gasteiger partial charge in [0.05, 0.1) is 12.4 Å². The Morgan fingerprint density at radius 1 is 1.30 bits per heavy atom. The molecule has 2 heterocycles. The summed E-state index contributed by atoms with van der Waals surface area (Å²) < 4.78 is 7.10. The number of thioether (sulfide) groups is 1. The molecule has 0 N–H and O–H groups in total. The first-order valence-corrected chi connectivity index (χ1v) is 10.2. The number of carbonyl (C=O) groups is 1. The van der Waals surface area contributed by atoms with E-state index >= 15 is 0 Å². The molecule has 1 fully saturated rings. The van der Waals surface area contributed by atoms with Crippen LogP contribution >= 0.6 is 11.8 Å². The van der Waals surface area contributed by atoms with Crippen molar-refractivity contribution in [1.29, 1.82) is 0 Å². The minimum absolute atomic E-state index is 0.144. The van der Waals surface area contributed by atoms with E-state index in [0.717, 1.165) is 24.1 Å². The predicted octanol–water partition coefficient (Wildman–Crippen LogP) is 3.25. The maximum atomic E-state index is 13.1. The molecule has 1 aromatic carbocycles. The first kappa shape index (κ1) is 19.7. The second-order valence-corrected chi connectivity index (χ2v) is 8.49. The number of hydrogen-bond donors (Lipinski definition) is 0. The van der Waals surface area contributed by atoms with Crippen LogP contribution in [0.4, 0.5) is 0 Å². The first-order valence-electron chi connectivity index (χ1n) is 9.34. The molecule has 1 aliphatic rings. The van der Waals surface area contributed by atoms with Crippen molar-refractivity contribution in [3.8, 4) is 11.4 Å². The summed E-state index contributed by atoms with van der Waals surface area (Å²) in [5, 5.41) is 12.4. The number of methoxy groups -OCH3 is 1. The molecule has 0 bridgehead atoms. The van der Waals surface area contributed by atoms with Crippen LogP contribution in [0.25, 0.3) is 5.69 Å². The number of ether oxygens (including phenoxy) is 1. The average Bonchev–Trinajstić information content (AvgIpc) is 3.09. The van der Waals surface area contributed by atoms with Crippen molar-refractivity contribution in [1.82, 2.24) is 25.1 Å². The smallest absolute Gasteiger partial charge is 0.236 e. The van der Waals surface area contributed by atoms with E-state index < -0.39 is 0 Å². The lowest BCUT2D eigenvalue weighted by atomic mass is 9.97. The van der Waals surface area contributed by atoms with E-state index in [0.29, 0.717) is 10.9 Å². The highest BCUT2D eigenvalue weighted by Crippen LogP contribution is 2.31. The fourth-order valence-electron chi connectivity index (χ4n) is 3.64. The quantitative estimate of drug-likeness (QED) is 0.731. The van der Waals surface area contributed by atoms with Crippen molar-refractivity contribution >= 4 is 17.7 Å².